The van der Waals surface area contributed by atoms with Crippen molar-refractivity contribution in [2.45, 2.75) is 34.3 Å². The molecule has 0 saturated heterocycles. The first-order chi connectivity index (χ1) is 12.3. The maximum atomic E-state index is 12.6. The predicted molar refractivity (Wildman–Crippen MR) is 97.4 cm³/mol. The third-order valence-corrected chi connectivity index (χ3v) is 4.18. The number of aromatic nitrogens is 3. The monoisotopic (exact) mass is 354 g/mol. The Hall–Kier alpha value is -3.09. The Balaban J connectivity index is 1.79. The van der Waals surface area contributed by atoms with Gasteiger partial charge < -0.3 is 14.6 Å². The van der Waals surface area contributed by atoms with Gasteiger partial charge in [0, 0.05) is 13.2 Å². The van der Waals surface area contributed by atoms with E-state index < -0.39 is 0 Å². The summed E-state index contributed by atoms with van der Waals surface area (Å²) in [5, 5.41) is 10.9. The Morgan fingerprint density at radius 1 is 1.27 bits per heavy atom. The van der Waals surface area contributed by atoms with Gasteiger partial charge in [0.25, 0.3) is 5.91 Å². The van der Waals surface area contributed by atoms with Crippen molar-refractivity contribution in [3.63, 3.8) is 0 Å². The molecule has 0 bridgehead atoms. The summed E-state index contributed by atoms with van der Waals surface area (Å²) in [6, 6.07) is 6.00. The molecule has 136 valence electrons. The largest absolute Gasteiger partial charge is 0.488 e. The van der Waals surface area contributed by atoms with Crippen molar-refractivity contribution in [1.29, 1.82) is 0 Å². The average molecular weight is 354 g/mol. The van der Waals surface area contributed by atoms with Crippen LogP contribution in [0.25, 0.3) is 0 Å². The number of benzene rings is 1. The lowest BCUT2D eigenvalue weighted by Gasteiger charge is -2.10. The molecule has 0 saturated carbocycles. The van der Waals surface area contributed by atoms with Gasteiger partial charge in [-0.2, -0.15) is 5.10 Å². The molecule has 0 aliphatic carbocycles. The van der Waals surface area contributed by atoms with E-state index in [0.717, 1.165) is 22.6 Å². The number of rotatable bonds is 5. The Kier molecular flexibility index (Phi) is 4.79. The molecule has 26 heavy (non-hydrogen) atoms. The third-order valence-electron chi connectivity index (χ3n) is 4.18. The highest BCUT2D eigenvalue weighted by Crippen LogP contribution is 2.23. The average Bonchev–Trinajstić information content (AvgIpc) is 3.10. The van der Waals surface area contributed by atoms with E-state index >= 15 is 0 Å². The van der Waals surface area contributed by atoms with Crippen molar-refractivity contribution in [2.24, 2.45) is 7.05 Å². The molecule has 0 aliphatic rings. The lowest BCUT2D eigenvalue weighted by atomic mass is 10.1. The van der Waals surface area contributed by atoms with Crippen LogP contribution < -0.4 is 10.1 Å². The molecule has 0 atom stereocenters. The summed E-state index contributed by atoms with van der Waals surface area (Å²) in [4.78, 5) is 12.6. The fraction of sp³-hybridized carbons (Fsp3) is 0.316. The molecule has 1 amide bonds. The molecule has 7 heteroatoms. The van der Waals surface area contributed by atoms with Crippen molar-refractivity contribution in [3.8, 4) is 5.75 Å². The maximum absolute atomic E-state index is 12.6. The number of nitrogens with one attached hydrogen (secondary N) is 1. The molecule has 0 aliphatic heterocycles. The van der Waals surface area contributed by atoms with E-state index in [1.54, 1.807) is 24.9 Å². The summed E-state index contributed by atoms with van der Waals surface area (Å²) in [5.74, 6) is 0.987. The summed E-state index contributed by atoms with van der Waals surface area (Å²) in [7, 11) is 1.80. The predicted octanol–water partition coefficient (Wildman–Crippen LogP) is 3.47. The highest BCUT2D eigenvalue weighted by atomic mass is 16.5. The number of amides is 1. The molecule has 1 N–H and O–H groups in total. The fourth-order valence-corrected chi connectivity index (χ4v) is 2.66. The van der Waals surface area contributed by atoms with Crippen LogP contribution in [0.4, 0.5) is 5.69 Å². The van der Waals surface area contributed by atoms with E-state index in [1.807, 2.05) is 39.0 Å². The van der Waals surface area contributed by atoms with Crippen molar-refractivity contribution in [3.05, 3.63) is 58.2 Å². The number of aryl methyl sites for hydroxylation is 5. The molecule has 1 aromatic carbocycles. The van der Waals surface area contributed by atoms with Crippen LogP contribution in [0.1, 0.15) is 38.6 Å². The number of hydrogen-bond donors (Lipinski definition) is 1. The molecule has 2 heterocycles. The number of carbonyl (C=O) groups excluding carboxylic acids is 1. The van der Waals surface area contributed by atoms with Crippen molar-refractivity contribution >= 4 is 11.6 Å². The van der Waals surface area contributed by atoms with E-state index in [-0.39, 0.29) is 18.2 Å². The van der Waals surface area contributed by atoms with Gasteiger partial charge in [-0.15, -0.1) is 0 Å². The molecule has 0 unspecified atom stereocenters. The number of anilines is 1. The molecular weight excluding hydrogens is 332 g/mol. The van der Waals surface area contributed by atoms with Crippen LogP contribution in [0.2, 0.25) is 0 Å². The number of hydrogen-bond acceptors (Lipinski definition) is 5. The smallest absolute Gasteiger partial charge is 0.278 e. The molecule has 7 nitrogen and oxygen atoms in total. The number of nitrogens with zero attached hydrogens (tertiary/aromatic N) is 3. The SMILES string of the molecule is Cc1ccc(C)c(OCc2c(C(=O)Nc3cn(C)nc3C)noc2C)c1. The first-order valence-electron chi connectivity index (χ1n) is 8.32. The standard InChI is InChI=1S/C19H22N4O3/c1-11-6-7-12(2)17(8-11)25-10-15-14(4)26-22-18(15)19(24)20-16-9-23(5)21-13(16)3/h6-9H,10H2,1-5H3,(H,20,24). The summed E-state index contributed by atoms with van der Waals surface area (Å²) in [5.41, 5.74) is 4.36. The second-order valence-electron chi connectivity index (χ2n) is 6.38. The summed E-state index contributed by atoms with van der Waals surface area (Å²) >= 11 is 0. The molecule has 0 spiro atoms. The summed E-state index contributed by atoms with van der Waals surface area (Å²) in [6.07, 6.45) is 1.74. The lowest BCUT2D eigenvalue weighted by Crippen LogP contribution is -2.15. The van der Waals surface area contributed by atoms with Gasteiger partial charge >= 0.3 is 0 Å². The van der Waals surface area contributed by atoms with Gasteiger partial charge in [-0.25, -0.2) is 0 Å². The van der Waals surface area contributed by atoms with Gasteiger partial charge in [0.05, 0.1) is 16.9 Å². The van der Waals surface area contributed by atoms with Gasteiger partial charge in [0.15, 0.2) is 5.69 Å². The zero-order valence-corrected chi connectivity index (χ0v) is 15.6. The lowest BCUT2D eigenvalue weighted by molar-refractivity contribution is 0.101. The second kappa shape index (κ2) is 7.03. The fourth-order valence-electron chi connectivity index (χ4n) is 2.66. The Morgan fingerprint density at radius 2 is 2.04 bits per heavy atom. The molecule has 0 fully saturated rings. The molecule has 2 aromatic heterocycles. The third kappa shape index (κ3) is 3.61. The van der Waals surface area contributed by atoms with E-state index in [9.17, 15) is 4.79 Å². The minimum Gasteiger partial charge on any atom is -0.488 e. The highest BCUT2D eigenvalue weighted by molar-refractivity contribution is 6.04. The second-order valence-corrected chi connectivity index (χ2v) is 6.38. The van der Waals surface area contributed by atoms with Crippen LogP contribution in [0.15, 0.2) is 28.9 Å². The van der Waals surface area contributed by atoms with Crippen molar-refractivity contribution in [1.82, 2.24) is 14.9 Å². The number of carbonyl (C=O) groups is 1. The van der Waals surface area contributed by atoms with Gasteiger partial charge in [0.1, 0.15) is 18.1 Å². The van der Waals surface area contributed by atoms with E-state index in [0.29, 0.717) is 17.0 Å². The molecule has 3 rings (SSSR count). The first-order valence-corrected chi connectivity index (χ1v) is 8.32. The zero-order chi connectivity index (χ0) is 18.8. The van der Waals surface area contributed by atoms with Crippen LogP contribution in [0.3, 0.4) is 0 Å². The van der Waals surface area contributed by atoms with E-state index in [2.05, 4.69) is 15.6 Å². The minimum absolute atomic E-state index is 0.203. The molecule has 3 aromatic rings. The van der Waals surface area contributed by atoms with Crippen LogP contribution in [-0.2, 0) is 13.7 Å². The van der Waals surface area contributed by atoms with Crippen LogP contribution in [-0.4, -0.2) is 20.8 Å². The minimum atomic E-state index is -0.350. The summed E-state index contributed by atoms with van der Waals surface area (Å²) in [6.45, 7) is 7.78. The van der Waals surface area contributed by atoms with E-state index in [1.165, 1.54) is 0 Å². The van der Waals surface area contributed by atoms with Crippen LogP contribution in [0, 0.1) is 27.7 Å². The van der Waals surface area contributed by atoms with Crippen LogP contribution >= 0.6 is 0 Å². The Bertz CT molecular complexity index is 956. The number of ether oxygens (including phenoxy) is 1. The van der Waals surface area contributed by atoms with Crippen molar-refractivity contribution in [2.75, 3.05) is 5.32 Å². The van der Waals surface area contributed by atoms with Gasteiger partial charge in [-0.05, 0) is 44.9 Å². The topological polar surface area (TPSA) is 82.2 Å². The van der Waals surface area contributed by atoms with E-state index in [4.69, 9.17) is 9.26 Å². The van der Waals surface area contributed by atoms with Gasteiger partial charge in [-0.1, -0.05) is 17.3 Å². The van der Waals surface area contributed by atoms with Crippen molar-refractivity contribution < 1.29 is 14.1 Å². The Morgan fingerprint density at radius 3 is 2.73 bits per heavy atom. The molecular formula is C19H22N4O3. The van der Waals surface area contributed by atoms with Crippen LogP contribution in [0.5, 0.6) is 5.75 Å². The molecule has 0 radical (unpaired) electrons. The first kappa shape index (κ1) is 17.7. The zero-order valence-electron chi connectivity index (χ0n) is 15.6. The maximum Gasteiger partial charge on any atom is 0.278 e. The highest BCUT2D eigenvalue weighted by Gasteiger charge is 2.21. The normalized spacial score (nSPS) is 10.8. The van der Waals surface area contributed by atoms with Gasteiger partial charge in [0.2, 0.25) is 0 Å². The quantitative estimate of drug-likeness (QED) is 0.758. The van der Waals surface area contributed by atoms with Gasteiger partial charge in [-0.3, -0.25) is 9.48 Å². The Labute approximate surface area is 151 Å². The summed E-state index contributed by atoms with van der Waals surface area (Å²) < 4.78 is 12.8.